The van der Waals surface area contributed by atoms with E-state index >= 15 is 0 Å². The van der Waals surface area contributed by atoms with Gasteiger partial charge < -0.3 is 0 Å². The number of benzene rings is 1. The number of aryl methyl sites for hydroxylation is 1. The summed E-state index contributed by atoms with van der Waals surface area (Å²) in [6.07, 6.45) is 2.40. The van der Waals surface area contributed by atoms with E-state index in [1.54, 1.807) is 17.5 Å². The summed E-state index contributed by atoms with van der Waals surface area (Å²) in [6, 6.07) is 9.91. The summed E-state index contributed by atoms with van der Waals surface area (Å²) in [6.45, 7) is 1.95. The maximum atomic E-state index is 10.7. The standard InChI is InChI=1S/C14H10N2OS2/c1-9-6-10(8-17)7-15-13(9)19-14-16-11-4-2-3-5-12(11)18-14/h2-8H,1H3. The van der Waals surface area contributed by atoms with Gasteiger partial charge >= 0.3 is 0 Å². The molecule has 0 spiro atoms. The molecule has 0 aliphatic rings. The van der Waals surface area contributed by atoms with Crippen LogP contribution in [-0.4, -0.2) is 16.3 Å². The predicted octanol–water partition coefficient (Wildman–Crippen LogP) is 3.96. The average molecular weight is 286 g/mol. The number of carbonyl (C=O) groups is 1. The predicted molar refractivity (Wildman–Crippen MR) is 78.1 cm³/mol. The van der Waals surface area contributed by atoms with Crippen LogP contribution in [0.25, 0.3) is 10.2 Å². The van der Waals surface area contributed by atoms with Crippen molar-refractivity contribution in [1.82, 2.24) is 9.97 Å². The van der Waals surface area contributed by atoms with Crippen molar-refractivity contribution in [1.29, 1.82) is 0 Å². The van der Waals surface area contributed by atoms with E-state index in [-0.39, 0.29) is 0 Å². The maximum Gasteiger partial charge on any atom is 0.157 e. The van der Waals surface area contributed by atoms with Crippen molar-refractivity contribution >= 4 is 39.6 Å². The lowest BCUT2D eigenvalue weighted by atomic mass is 10.2. The average Bonchev–Trinajstić information content (AvgIpc) is 2.83. The van der Waals surface area contributed by atoms with Gasteiger partial charge in [-0.25, -0.2) is 9.97 Å². The van der Waals surface area contributed by atoms with Crippen molar-refractivity contribution in [2.45, 2.75) is 16.3 Å². The number of hydrogen-bond acceptors (Lipinski definition) is 5. The van der Waals surface area contributed by atoms with E-state index in [1.165, 1.54) is 16.5 Å². The third kappa shape index (κ3) is 2.52. The van der Waals surface area contributed by atoms with Gasteiger partial charge in [0.15, 0.2) is 10.6 Å². The minimum atomic E-state index is 0.603. The highest BCUT2D eigenvalue weighted by atomic mass is 32.2. The molecular formula is C14H10N2OS2. The Morgan fingerprint density at radius 2 is 2.16 bits per heavy atom. The molecule has 0 saturated heterocycles. The van der Waals surface area contributed by atoms with Crippen LogP contribution >= 0.6 is 23.1 Å². The van der Waals surface area contributed by atoms with Crippen molar-refractivity contribution in [2.24, 2.45) is 0 Å². The van der Waals surface area contributed by atoms with Gasteiger partial charge in [-0.15, -0.1) is 11.3 Å². The molecule has 0 fully saturated rings. The molecule has 2 aromatic heterocycles. The summed E-state index contributed by atoms with van der Waals surface area (Å²) in [5, 5.41) is 0.893. The van der Waals surface area contributed by atoms with Crippen molar-refractivity contribution in [3.8, 4) is 0 Å². The zero-order valence-electron chi connectivity index (χ0n) is 10.2. The van der Waals surface area contributed by atoms with Crippen molar-refractivity contribution < 1.29 is 4.79 Å². The fourth-order valence-electron chi connectivity index (χ4n) is 1.73. The van der Waals surface area contributed by atoms with Crippen LogP contribution in [0.15, 0.2) is 45.9 Å². The first-order valence-corrected chi connectivity index (χ1v) is 7.35. The third-order valence-corrected chi connectivity index (χ3v) is 4.86. The molecule has 0 atom stereocenters. The summed E-state index contributed by atoms with van der Waals surface area (Å²) < 4.78 is 2.14. The minimum absolute atomic E-state index is 0.603. The van der Waals surface area contributed by atoms with Crippen LogP contribution in [0.4, 0.5) is 0 Å². The molecule has 3 rings (SSSR count). The number of aldehydes is 1. The Kier molecular flexibility index (Phi) is 3.31. The SMILES string of the molecule is Cc1cc(C=O)cnc1Sc1nc2ccccc2s1. The van der Waals surface area contributed by atoms with E-state index in [0.717, 1.165) is 26.7 Å². The Bertz CT molecular complexity index is 719. The van der Waals surface area contributed by atoms with Crippen molar-refractivity contribution in [3.05, 3.63) is 47.7 Å². The second-order valence-corrected chi connectivity index (χ2v) is 6.32. The zero-order chi connectivity index (χ0) is 13.2. The van der Waals surface area contributed by atoms with Crippen LogP contribution in [0.1, 0.15) is 15.9 Å². The number of aromatic nitrogens is 2. The second kappa shape index (κ2) is 5.11. The van der Waals surface area contributed by atoms with Gasteiger partial charge in [-0.05, 0) is 42.4 Å². The summed E-state index contributed by atoms with van der Waals surface area (Å²) in [4.78, 5) is 19.6. The Morgan fingerprint density at radius 3 is 2.89 bits per heavy atom. The van der Waals surface area contributed by atoms with E-state index in [0.29, 0.717) is 5.56 Å². The van der Waals surface area contributed by atoms with Crippen LogP contribution in [0.2, 0.25) is 0 Å². The summed E-state index contributed by atoms with van der Waals surface area (Å²) in [5.41, 5.74) is 2.61. The molecule has 0 radical (unpaired) electrons. The third-order valence-electron chi connectivity index (χ3n) is 2.65. The Morgan fingerprint density at radius 1 is 1.32 bits per heavy atom. The topological polar surface area (TPSA) is 42.9 Å². The second-order valence-electron chi connectivity index (χ2n) is 4.06. The zero-order valence-corrected chi connectivity index (χ0v) is 11.8. The lowest BCUT2D eigenvalue weighted by molar-refractivity contribution is 0.112. The van der Waals surface area contributed by atoms with Crippen LogP contribution in [0.3, 0.4) is 0 Å². The van der Waals surface area contributed by atoms with E-state index in [2.05, 4.69) is 16.0 Å². The number of thiazole rings is 1. The van der Waals surface area contributed by atoms with Gasteiger partial charge in [-0.2, -0.15) is 0 Å². The summed E-state index contributed by atoms with van der Waals surface area (Å²) >= 11 is 3.19. The number of nitrogens with zero attached hydrogens (tertiary/aromatic N) is 2. The first-order chi connectivity index (χ1) is 9.26. The quantitative estimate of drug-likeness (QED) is 0.683. The van der Waals surface area contributed by atoms with Gasteiger partial charge in [-0.3, -0.25) is 4.79 Å². The molecule has 94 valence electrons. The normalized spacial score (nSPS) is 10.8. The molecule has 19 heavy (non-hydrogen) atoms. The molecule has 0 saturated carbocycles. The van der Waals surface area contributed by atoms with Crippen molar-refractivity contribution in [2.75, 3.05) is 0 Å². The number of pyridine rings is 1. The first kappa shape index (κ1) is 12.3. The highest BCUT2D eigenvalue weighted by molar-refractivity contribution is 8.01. The number of rotatable bonds is 3. The molecule has 0 amide bonds. The number of para-hydroxylation sites is 1. The number of fused-ring (bicyclic) bond motifs is 1. The Labute approximate surface area is 118 Å². The molecule has 3 nitrogen and oxygen atoms in total. The summed E-state index contributed by atoms with van der Waals surface area (Å²) in [7, 11) is 0. The van der Waals surface area contributed by atoms with Crippen LogP contribution < -0.4 is 0 Å². The Hall–Kier alpha value is -1.72. The monoisotopic (exact) mass is 286 g/mol. The fraction of sp³-hybridized carbons (Fsp3) is 0.0714. The van der Waals surface area contributed by atoms with Gasteiger partial charge in [0, 0.05) is 11.8 Å². The minimum Gasteiger partial charge on any atom is -0.298 e. The van der Waals surface area contributed by atoms with Gasteiger partial charge in [-0.1, -0.05) is 12.1 Å². The van der Waals surface area contributed by atoms with Gasteiger partial charge in [0.1, 0.15) is 5.03 Å². The van der Waals surface area contributed by atoms with Crippen molar-refractivity contribution in [3.63, 3.8) is 0 Å². The molecule has 2 heterocycles. The highest BCUT2D eigenvalue weighted by Crippen LogP contribution is 2.34. The highest BCUT2D eigenvalue weighted by Gasteiger charge is 2.08. The van der Waals surface area contributed by atoms with Gasteiger partial charge in [0.2, 0.25) is 0 Å². The number of hydrogen-bond donors (Lipinski definition) is 0. The summed E-state index contributed by atoms with van der Waals surface area (Å²) in [5.74, 6) is 0. The molecule has 5 heteroatoms. The lowest BCUT2D eigenvalue weighted by Crippen LogP contribution is -1.89. The van der Waals surface area contributed by atoms with E-state index < -0.39 is 0 Å². The van der Waals surface area contributed by atoms with Gasteiger partial charge in [0.25, 0.3) is 0 Å². The first-order valence-electron chi connectivity index (χ1n) is 5.71. The molecule has 3 aromatic rings. The Balaban J connectivity index is 1.94. The van der Waals surface area contributed by atoms with E-state index in [9.17, 15) is 4.79 Å². The number of carbonyl (C=O) groups excluding carboxylic acids is 1. The smallest absolute Gasteiger partial charge is 0.157 e. The molecule has 0 bridgehead atoms. The fourth-order valence-corrected chi connectivity index (χ4v) is 3.74. The van der Waals surface area contributed by atoms with E-state index in [4.69, 9.17) is 0 Å². The molecule has 1 aromatic carbocycles. The maximum absolute atomic E-state index is 10.7. The van der Waals surface area contributed by atoms with Crippen LogP contribution in [-0.2, 0) is 0 Å². The largest absolute Gasteiger partial charge is 0.298 e. The van der Waals surface area contributed by atoms with Crippen LogP contribution in [0.5, 0.6) is 0 Å². The van der Waals surface area contributed by atoms with Crippen LogP contribution in [0, 0.1) is 6.92 Å². The molecule has 0 unspecified atom stereocenters. The molecule has 0 aliphatic heterocycles. The lowest BCUT2D eigenvalue weighted by Gasteiger charge is -2.01. The van der Waals surface area contributed by atoms with E-state index in [1.807, 2.05) is 31.2 Å². The van der Waals surface area contributed by atoms with Gasteiger partial charge in [0.05, 0.1) is 10.2 Å². The molecule has 0 N–H and O–H groups in total. The molecule has 0 aliphatic carbocycles. The molecular weight excluding hydrogens is 276 g/mol.